The SMILES string of the molecule is CNC(=O)c1cccnc1Oc1ccc(CC(N)CO)cc1.Cl. The van der Waals surface area contributed by atoms with Crippen molar-refractivity contribution >= 4 is 18.3 Å². The van der Waals surface area contributed by atoms with Crippen LogP contribution in [0.2, 0.25) is 0 Å². The maximum Gasteiger partial charge on any atom is 0.256 e. The van der Waals surface area contributed by atoms with E-state index in [4.69, 9.17) is 15.6 Å². The first-order chi connectivity index (χ1) is 10.6. The minimum atomic E-state index is -0.276. The molecule has 0 spiro atoms. The highest BCUT2D eigenvalue weighted by atomic mass is 35.5. The lowest BCUT2D eigenvalue weighted by atomic mass is 10.1. The highest BCUT2D eigenvalue weighted by molar-refractivity contribution is 5.96. The van der Waals surface area contributed by atoms with Crippen molar-refractivity contribution < 1.29 is 14.6 Å². The number of carbonyl (C=O) groups is 1. The molecule has 0 bridgehead atoms. The number of rotatable bonds is 6. The summed E-state index contributed by atoms with van der Waals surface area (Å²) in [6.45, 7) is -0.0539. The predicted molar refractivity (Wildman–Crippen MR) is 90.2 cm³/mol. The quantitative estimate of drug-likeness (QED) is 0.742. The molecule has 6 nitrogen and oxygen atoms in total. The van der Waals surface area contributed by atoms with E-state index < -0.39 is 0 Å². The summed E-state index contributed by atoms with van der Waals surface area (Å²) < 4.78 is 5.67. The van der Waals surface area contributed by atoms with E-state index >= 15 is 0 Å². The largest absolute Gasteiger partial charge is 0.438 e. The lowest BCUT2D eigenvalue weighted by Gasteiger charge is -2.11. The fourth-order valence-electron chi connectivity index (χ4n) is 1.95. The molecule has 0 aliphatic carbocycles. The number of amides is 1. The van der Waals surface area contributed by atoms with E-state index in [0.717, 1.165) is 5.56 Å². The molecular formula is C16H20ClN3O3. The van der Waals surface area contributed by atoms with Crippen molar-refractivity contribution in [3.05, 3.63) is 53.7 Å². The molecule has 2 rings (SSSR count). The van der Waals surface area contributed by atoms with Crippen LogP contribution in [-0.2, 0) is 6.42 Å². The van der Waals surface area contributed by atoms with Crippen LogP contribution in [0, 0.1) is 0 Å². The number of nitrogens with one attached hydrogen (secondary N) is 1. The second kappa shape index (κ2) is 9.09. The fourth-order valence-corrected chi connectivity index (χ4v) is 1.95. The molecule has 1 aromatic heterocycles. The Morgan fingerprint density at radius 3 is 2.65 bits per heavy atom. The molecule has 1 atom stereocenters. The number of halogens is 1. The summed E-state index contributed by atoms with van der Waals surface area (Å²) >= 11 is 0. The van der Waals surface area contributed by atoms with Gasteiger partial charge in [-0.05, 0) is 36.2 Å². The fraction of sp³-hybridized carbons (Fsp3) is 0.250. The summed E-state index contributed by atoms with van der Waals surface area (Å²) in [6, 6.07) is 10.3. The third-order valence-electron chi connectivity index (χ3n) is 3.11. The molecule has 0 saturated carbocycles. The molecular weight excluding hydrogens is 318 g/mol. The average molecular weight is 338 g/mol. The first-order valence-electron chi connectivity index (χ1n) is 6.94. The molecule has 23 heavy (non-hydrogen) atoms. The Hall–Kier alpha value is -2.15. The lowest BCUT2D eigenvalue weighted by molar-refractivity contribution is 0.0960. The number of aliphatic hydroxyl groups is 1. The van der Waals surface area contributed by atoms with E-state index in [1.165, 1.54) is 0 Å². The van der Waals surface area contributed by atoms with E-state index in [9.17, 15) is 4.79 Å². The van der Waals surface area contributed by atoms with Crippen LogP contribution in [0.1, 0.15) is 15.9 Å². The van der Waals surface area contributed by atoms with Crippen LogP contribution in [0.15, 0.2) is 42.6 Å². The Morgan fingerprint density at radius 1 is 1.35 bits per heavy atom. The average Bonchev–Trinajstić information content (AvgIpc) is 2.56. The second-order valence-electron chi connectivity index (χ2n) is 4.83. The Bertz CT molecular complexity index is 635. The lowest BCUT2D eigenvalue weighted by Crippen LogP contribution is -2.26. The smallest absolute Gasteiger partial charge is 0.256 e. The molecule has 0 aliphatic heterocycles. The van der Waals surface area contributed by atoms with Crippen molar-refractivity contribution in [3.63, 3.8) is 0 Å². The molecule has 1 unspecified atom stereocenters. The maximum absolute atomic E-state index is 11.8. The van der Waals surface area contributed by atoms with Gasteiger partial charge in [-0.2, -0.15) is 0 Å². The van der Waals surface area contributed by atoms with Gasteiger partial charge < -0.3 is 20.9 Å². The van der Waals surface area contributed by atoms with Gasteiger partial charge >= 0.3 is 0 Å². The third kappa shape index (κ3) is 5.21. The van der Waals surface area contributed by atoms with Crippen LogP contribution < -0.4 is 15.8 Å². The number of benzene rings is 1. The molecule has 0 radical (unpaired) electrons. The molecule has 0 saturated heterocycles. The number of hydrogen-bond donors (Lipinski definition) is 3. The van der Waals surface area contributed by atoms with Crippen LogP contribution in [-0.4, -0.2) is 35.7 Å². The third-order valence-corrected chi connectivity index (χ3v) is 3.11. The summed E-state index contributed by atoms with van der Waals surface area (Å²) in [6.07, 6.45) is 2.15. The summed E-state index contributed by atoms with van der Waals surface area (Å²) in [4.78, 5) is 15.9. The van der Waals surface area contributed by atoms with Gasteiger partial charge in [0.15, 0.2) is 0 Å². The second-order valence-corrected chi connectivity index (χ2v) is 4.83. The Morgan fingerprint density at radius 2 is 2.04 bits per heavy atom. The molecule has 1 aromatic carbocycles. The molecule has 4 N–H and O–H groups in total. The van der Waals surface area contributed by atoms with E-state index in [1.54, 1.807) is 37.5 Å². The van der Waals surface area contributed by atoms with Gasteiger partial charge in [0.1, 0.15) is 11.3 Å². The summed E-state index contributed by atoms with van der Waals surface area (Å²) in [7, 11) is 1.55. The van der Waals surface area contributed by atoms with E-state index in [2.05, 4.69) is 10.3 Å². The highest BCUT2D eigenvalue weighted by Crippen LogP contribution is 2.23. The van der Waals surface area contributed by atoms with E-state index in [-0.39, 0.29) is 36.8 Å². The van der Waals surface area contributed by atoms with Gasteiger partial charge in [-0.25, -0.2) is 4.98 Å². The molecule has 0 aliphatic rings. The topological polar surface area (TPSA) is 97.5 Å². The minimum absolute atomic E-state index is 0. The number of aliphatic hydroxyl groups excluding tert-OH is 1. The molecule has 0 fully saturated rings. The van der Waals surface area contributed by atoms with Crippen molar-refractivity contribution in [1.29, 1.82) is 0 Å². The van der Waals surface area contributed by atoms with Crippen molar-refractivity contribution in [2.45, 2.75) is 12.5 Å². The van der Waals surface area contributed by atoms with Crippen LogP contribution in [0.25, 0.3) is 0 Å². The van der Waals surface area contributed by atoms with Crippen LogP contribution in [0.3, 0.4) is 0 Å². The molecule has 1 heterocycles. The van der Waals surface area contributed by atoms with E-state index in [1.807, 2.05) is 12.1 Å². The Kier molecular flexibility index (Phi) is 7.47. The van der Waals surface area contributed by atoms with Gasteiger partial charge in [0, 0.05) is 19.3 Å². The van der Waals surface area contributed by atoms with Gasteiger partial charge in [0.25, 0.3) is 5.91 Å². The number of carbonyl (C=O) groups excluding carboxylic acids is 1. The monoisotopic (exact) mass is 337 g/mol. The molecule has 7 heteroatoms. The van der Waals surface area contributed by atoms with Gasteiger partial charge in [-0.1, -0.05) is 12.1 Å². The number of nitrogens with two attached hydrogens (primary N) is 1. The minimum Gasteiger partial charge on any atom is -0.438 e. The normalized spacial score (nSPS) is 11.3. The van der Waals surface area contributed by atoms with Gasteiger partial charge in [-0.15, -0.1) is 12.4 Å². The maximum atomic E-state index is 11.8. The van der Waals surface area contributed by atoms with Crippen LogP contribution in [0.5, 0.6) is 11.6 Å². The van der Waals surface area contributed by atoms with Crippen molar-refractivity contribution in [1.82, 2.24) is 10.3 Å². The number of nitrogens with zero attached hydrogens (tertiary/aromatic N) is 1. The number of pyridine rings is 1. The zero-order valence-electron chi connectivity index (χ0n) is 12.7. The van der Waals surface area contributed by atoms with E-state index in [0.29, 0.717) is 17.7 Å². The van der Waals surface area contributed by atoms with Crippen molar-refractivity contribution in [3.8, 4) is 11.6 Å². The first kappa shape index (κ1) is 18.9. The van der Waals surface area contributed by atoms with Gasteiger partial charge in [0.05, 0.1) is 6.61 Å². The van der Waals surface area contributed by atoms with Crippen molar-refractivity contribution in [2.24, 2.45) is 5.73 Å². The van der Waals surface area contributed by atoms with Crippen LogP contribution in [0.4, 0.5) is 0 Å². The molecule has 1 amide bonds. The highest BCUT2D eigenvalue weighted by Gasteiger charge is 2.12. The predicted octanol–water partition coefficient (Wildman–Crippen LogP) is 1.52. The van der Waals surface area contributed by atoms with Gasteiger partial charge in [-0.3, -0.25) is 4.79 Å². The number of ether oxygens (including phenoxy) is 1. The van der Waals surface area contributed by atoms with Crippen molar-refractivity contribution in [2.75, 3.05) is 13.7 Å². The Balaban J connectivity index is 0.00000264. The first-order valence-corrected chi connectivity index (χ1v) is 6.94. The zero-order chi connectivity index (χ0) is 15.9. The standard InChI is InChI=1S/C16H19N3O3.ClH/c1-18-15(21)14-3-2-8-19-16(14)22-13-6-4-11(5-7-13)9-12(17)10-20;/h2-8,12,20H,9-10,17H2,1H3,(H,18,21);1H. The number of aromatic nitrogens is 1. The van der Waals surface area contributed by atoms with Gasteiger partial charge in [0.2, 0.25) is 5.88 Å². The van der Waals surface area contributed by atoms with Crippen LogP contribution >= 0.6 is 12.4 Å². The molecule has 2 aromatic rings. The Labute approximate surface area is 141 Å². The summed E-state index contributed by atoms with van der Waals surface area (Å²) in [5, 5.41) is 11.5. The molecule has 124 valence electrons. The summed E-state index contributed by atoms with van der Waals surface area (Å²) in [5.74, 6) is 0.570. The summed E-state index contributed by atoms with van der Waals surface area (Å²) in [5.41, 5.74) is 7.07. The zero-order valence-corrected chi connectivity index (χ0v) is 13.5. The number of hydrogen-bond acceptors (Lipinski definition) is 5.